The molecule has 5 nitrogen and oxygen atoms in total. The van der Waals surface area contributed by atoms with Gasteiger partial charge in [-0.25, -0.2) is 8.42 Å². The maximum absolute atomic E-state index is 12.2. The molecule has 0 aliphatic carbocycles. The molecule has 0 radical (unpaired) electrons. The van der Waals surface area contributed by atoms with Gasteiger partial charge in [0.1, 0.15) is 0 Å². The van der Waals surface area contributed by atoms with Crippen molar-refractivity contribution in [2.24, 2.45) is 0 Å². The number of hydrogen-bond acceptors (Lipinski definition) is 4. The Morgan fingerprint density at radius 3 is 2.21 bits per heavy atom. The summed E-state index contributed by atoms with van der Waals surface area (Å²) in [6, 6.07) is 17.5. The first-order valence-corrected chi connectivity index (χ1v) is 9.33. The van der Waals surface area contributed by atoms with Crippen molar-refractivity contribution in [2.75, 3.05) is 19.4 Å². The number of ether oxygens (including phenoxy) is 1. The Labute approximate surface area is 142 Å². The Balaban J connectivity index is 1.84. The Kier molecular flexibility index (Phi) is 6.52. The molecule has 0 aliphatic heterocycles. The van der Waals surface area contributed by atoms with Gasteiger partial charge in [-0.1, -0.05) is 48.5 Å². The number of rotatable bonds is 8. The van der Waals surface area contributed by atoms with Gasteiger partial charge in [0.05, 0.1) is 10.6 Å². The smallest absolute Gasteiger partial charge is 0.253 e. The van der Waals surface area contributed by atoms with E-state index in [9.17, 15) is 13.2 Å². The van der Waals surface area contributed by atoms with Crippen molar-refractivity contribution in [2.45, 2.75) is 17.4 Å². The second-order valence-corrected chi connectivity index (χ2v) is 7.41. The summed E-state index contributed by atoms with van der Waals surface area (Å²) in [7, 11) is -1.85. The molecule has 0 fully saturated rings. The first-order valence-electron chi connectivity index (χ1n) is 7.68. The van der Waals surface area contributed by atoms with Crippen LogP contribution in [0.25, 0.3) is 0 Å². The highest BCUT2D eigenvalue weighted by atomic mass is 32.2. The van der Waals surface area contributed by atoms with E-state index in [2.05, 4.69) is 5.32 Å². The third kappa shape index (κ3) is 4.91. The van der Waals surface area contributed by atoms with Crippen LogP contribution in [0.4, 0.5) is 0 Å². The van der Waals surface area contributed by atoms with Crippen LogP contribution in [0.1, 0.15) is 18.1 Å². The van der Waals surface area contributed by atoms with Crippen LogP contribution in [0.2, 0.25) is 0 Å². The van der Waals surface area contributed by atoms with Crippen molar-refractivity contribution in [3.05, 3.63) is 66.2 Å². The number of carbonyl (C=O) groups excluding carboxylic acids is 1. The number of hydrogen-bond donors (Lipinski definition) is 1. The predicted octanol–water partition coefficient (Wildman–Crippen LogP) is 2.35. The lowest BCUT2D eigenvalue weighted by Crippen LogP contribution is -2.31. The lowest BCUT2D eigenvalue weighted by atomic mass is 10.1. The van der Waals surface area contributed by atoms with Gasteiger partial charge in [-0.2, -0.15) is 0 Å². The molecule has 128 valence electrons. The van der Waals surface area contributed by atoms with Crippen molar-refractivity contribution >= 4 is 15.7 Å². The zero-order chi connectivity index (χ0) is 17.4. The van der Waals surface area contributed by atoms with Crippen LogP contribution >= 0.6 is 0 Å². The lowest BCUT2D eigenvalue weighted by molar-refractivity contribution is -0.131. The summed E-state index contributed by atoms with van der Waals surface area (Å²) in [5.41, 5.74) is 0.759. The van der Waals surface area contributed by atoms with E-state index in [4.69, 9.17) is 4.74 Å². The summed E-state index contributed by atoms with van der Waals surface area (Å²) in [4.78, 5) is 12.5. The van der Waals surface area contributed by atoms with Gasteiger partial charge in [-0.05, 0) is 24.1 Å². The molecule has 0 spiro atoms. The molecular weight excluding hydrogens is 326 g/mol. The molecule has 2 rings (SSSR count). The summed E-state index contributed by atoms with van der Waals surface area (Å²) in [6.45, 7) is 0.275. The van der Waals surface area contributed by atoms with Gasteiger partial charge in [-0.15, -0.1) is 0 Å². The van der Waals surface area contributed by atoms with Crippen LogP contribution in [0, 0.1) is 0 Å². The maximum Gasteiger partial charge on any atom is 0.253 e. The number of amides is 1. The van der Waals surface area contributed by atoms with Crippen LogP contribution in [0.5, 0.6) is 0 Å². The topological polar surface area (TPSA) is 72.5 Å². The van der Waals surface area contributed by atoms with Gasteiger partial charge in [0.15, 0.2) is 15.9 Å². The molecule has 0 heterocycles. The summed E-state index contributed by atoms with van der Waals surface area (Å²) >= 11 is 0. The molecule has 1 unspecified atom stereocenters. The largest absolute Gasteiger partial charge is 0.367 e. The highest BCUT2D eigenvalue weighted by molar-refractivity contribution is 7.91. The third-order valence-corrected chi connectivity index (χ3v) is 5.38. The molecule has 6 heteroatoms. The van der Waals surface area contributed by atoms with E-state index in [1.54, 1.807) is 30.3 Å². The van der Waals surface area contributed by atoms with Crippen molar-refractivity contribution in [1.82, 2.24) is 5.32 Å². The Hall–Kier alpha value is -2.18. The summed E-state index contributed by atoms with van der Waals surface area (Å²) < 4.78 is 29.5. The SMILES string of the molecule is COC(C(=O)NCCCS(=O)(=O)c1ccccc1)c1ccccc1. The molecule has 2 aromatic rings. The fraction of sp³-hybridized carbons (Fsp3) is 0.278. The molecule has 1 atom stereocenters. The van der Waals surface area contributed by atoms with Crippen molar-refractivity contribution in [1.29, 1.82) is 0 Å². The predicted molar refractivity (Wildman–Crippen MR) is 92.3 cm³/mol. The lowest BCUT2D eigenvalue weighted by Gasteiger charge is -2.15. The van der Waals surface area contributed by atoms with Crippen molar-refractivity contribution < 1.29 is 17.9 Å². The van der Waals surface area contributed by atoms with E-state index in [-0.39, 0.29) is 18.2 Å². The monoisotopic (exact) mass is 347 g/mol. The molecule has 0 saturated carbocycles. The van der Waals surface area contributed by atoms with Crippen LogP contribution in [0.15, 0.2) is 65.6 Å². The highest BCUT2D eigenvalue weighted by Gasteiger charge is 2.19. The minimum Gasteiger partial charge on any atom is -0.367 e. The molecule has 1 amide bonds. The van der Waals surface area contributed by atoms with E-state index < -0.39 is 15.9 Å². The van der Waals surface area contributed by atoms with E-state index in [1.807, 2.05) is 30.3 Å². The van der Waals surface area contributed by atoms with Gasteiger partial charge in [-0.3, -0.25) is 4.79 Å². The third-order valence-electron chi connectivity index (χ3n) is 3.57. The van der Waals surface area contributed by atoms with Gasteiger partial charge < -0.3 is 10.1 Å². The molecule has 2 aromatic carbocycles. The average Bonchev–Trinajstić information content (AvgIpc) is 2.61. The number of nitrogens with one attached hydrogen (secondary N) is 1. The second kappa shape index (κ2) is 8.61. The average molecular weight is 347 g/mol. The van der Waals surface area contributed by atoms with E-state index in [1.165, 1.54) is 7.11 Å². The van der Waals surface area contributed by atoms with Crippen LogP contribution in [0.3, 0.4) is 0 Å². The molecule has 0 saturated heterocycles. The Bertz CT molecular complexity index is 745. The molecule has 0 aliphatic rings. The zero-order valence-electron chi connectivity index (χ0n) is 13.5. The highest BCUT2D eigenvalue weighted by Crippen LogP contribution is 2.16. The summed E-state index contributed by atoms with van der Waals surface area (Å²) in [5, 5.41) is 2.73. The summed E-state index contributed by atoms with van der Waals surface area (Å²) in [5.74, 6) is -0.291. The van der Waals surface area contributed by atoms with Crippen molar-refractivity contribution in [3.63, 3.8) is 0 Å². The Morgan fingerprint density at radius 2 is 1.62 bits per heavy atom. The molecule has 24 heavy (non-hydrogen) atoms. The quantitative estimate of drug-likeness (QED) is 0.744. The summed E-state index contributed by atoms with van der Waals surface area (Å²) in [6.07, 6.45) is -0.356. The minimum absolute atomic E-state index is 0.0136. The number of sulfone groups is 1. The van der Waals surface area contributed by atoms with Gasteiger partial charge in [0.25, 0.3) is 5.91 Å². The normalized spacial score (nSPS) is 12.5. The first kappa shape index (κ1) is 18.2. The Morgan fingerprint density at radius 1 is 1.04 bits per heavy atom. The molecular formula is C18H21NO4S. The van der Waals surface area contributed by atoms with Crippen LogP contribution < -0.4 is 5.32 Å². The number of methoxy groups -OCH3 is 1. The van der Waals surface area contributed by atoms with E-state index in [0.717, 1.165) is 5.56 Å². The van der Waals surface area contributed by atoms with E-state index in [0.29, 0.717) is 11.3 Å². The van der Waals surface area contributed by atoms with Gasteiger partial charge >= 0.3 is 0 Å². The standard InChI is InChI=1S/C18H21NO4S/c1-23-17(15-9-4-2-5-10-15)18(20)19-13-8-14-24(21,22)16-11-6-3-7-12-16/h2-7,9-12,17H,8,13-14H2,1H3,(H,19,20). The molecule has 1 N–H and O–H groups in total. The fourth-order valence-electron chi connectivity index (χ4n) is 2.33. The maximum atomic E-state index is 12.2. The van der Waals surface area contributed by atoms with Gasteiger partial charge in [0, 0.05) is 13.7 Å². The molecule has 0 bridgehead atoms. The van der Waals surface area contributed by atoms with Crippen LogP contribution in [-0.4, -0.2) is 33.7 Å². The number of carbonyl (C=O) groups is 1. The fourth-order valence-corrected chi connectivity index (χ4v) is 3.67. The van der Waals surface area contributed by atoms with Crippen LogP contribution in [-0.2, 0) is 19.4 Å². The minimum atomic E-state index is -3.32. The molecule has 0 aromatic heterocycles. The first-order chi connectivity index (χ1) is 11.5. The second-order valence-electron chi connectivity index (χ2n) is 5.30. The zero-order valence-corrected chi connectivity index (χ0v) is 14.3. The van der Waals surface area contributed by atoms with E-state index >= 15 is 0 Å². The number of benzene rings is 2. The van der Waals surface area contributed by atoms with Crippen molar-refractivity contribution in [3.8, 4) is 0 Å². The van der Waals surface area contributed by atoms with Gasteiger partial charge in [0.2, 0.25) is 0 Å².